The Morgan fingerprint density at radius 3 is 2.27 bits per heavy atom. The molecule has 1 fully saturated rings. The summed E-state index contributed by atoms with van der Waals surface area (Å²) in [6.45, 7) is 4.45. The van der Waals surface area contributed by atoms with Gasteiger partial charge in [0.05, 0.1) is 20.3 Å². The third-order valence-electron chi connectivity index (χ3n) is 5.35. The smallest absolute Gasteiger partial charge is 0.203 e. The van der Waals surface area contributed by atoms with Crippen molar-refractivity contribution in [2.75, 3.05) is 40.4 Å². The monoisotopic (exact) mass is 424 g/mol. The van der Waals surface area contributed by atoms with E-state index in [-0.39, 0.29) is 6.04 Å². The number of ether oxygens (including phenoxy) is 3. The Hall–Kier alpha value is -2.54. The summed E-state index contributed by atoms with van der Waals surface area (Å²) in [7, 11) is 3.36. The number of hydrogen-bond acceptors (Lipinski definition) is 6. The number of benzene rings is 2. The van der Waals surface area contributed by atoms with Gasteiger partial charge in [0.1, 0.15) is 6.61 Å². The molecule has 30 heavy (non-hydrogen) atoms. The van der Waals surface area contributed by atoms with Crippen LogP contribution in [0.1, 0.15) is 22.0 Å². The molecule has 1 atom stereocenters. The van der Waals surface area contributed by atoms with Gasteiger partial charge in [0.15, 0.2) is 11.5 Å². The van der Waals surface area contributed by atoms with Gasteiger partial charge in [-0.2, -0.15) is 0 Å². The van der Waals surface area contributed by atoms with E-state index in [1.54, 1.807) is 25.6 Å². The fourth-order valence-electron chi connectivity index (χ4n) is 3.87. The summed E-state index contributed by atoms with van der Waals surface area (Å²) in [5.74, 6) is 2.02. The molecule has 3 aromatic rings. The highest BCUT2D eigenvalue weighted by molar-refractivity contribution is 7.10. The molecule has 1 unspecified atom stereocenters. The summed E-state index contributed by atoms with van der Waals surface area (Å²) >= 11 is 1.78. The molecule has 0 saturated carbocycles. The summed E-state index contributed by atoms with van der Waals surface area (Å²) in [5, 5.41) is 5.58. The quantitative estimate of drug-likeness (QED) is 0.583. The van der Waals surface area contributed by atoms with Gasteiger partial charge in [-0.3, -0.25) is 4.90 Å². The molecular formula is C24H28N2O3S. The maximum Gasteiger partial charge on any atom is 0.203 e. The number of thiophene rings is 1. The highest BCUT2D eigenvalue weighted by Crippen LogP contribution is 2.43. The third-order valence-corrected chi connectivity index (χ3v) is 6.28. The van der Waals surface area contributed by atoms with E-state index in [2.05, 4.69) is 39.9 Å². The molecule has 4 rings (SSSR count). The Balaban J connectivity index is 1.68. The van der Waals surface area contributed by atoms with Crippen molar-refractivity contribution in [1.82, 2.24) is 10.2 Å². The maximum absolute atomic E-state index is 6.14. The summed E-state index contributed by atoms with van der Waals surface area (Å²) in [6.07, 6.45) is 0. The lowest BCUT2D eigenvalue weighted by atomic mass is 10.0. The first kappa shape index (κ1) is 20.7. The van der Waals surface area contributed by atoms with Crippen LogP contribution in [-0.2, 0) is 6.61 Å². The van der Waals surface area contributed by atoms with E-state index >= 15 is 0 Å². The highest BCUT2D eigenvalue weighted by Gasteiger charge is 2.27. The predicted molar refractivity (Wildman–Crippen MR) is 121 cm³/mol. The molecule has 2 heterocycles. The Kier molecular flexibility index (Phi) is 6.89. The molecule has 0 radical (unpaired) electrons. The van der Waals surface area contributed by atoms with Gasteiger partial charge in [0.2, 0.25) is 5.75 Å². The van der Waals surface area contributed by atoms with Crippen molar-refractivity contribution < 1.29 is 14.2 Å². The third kappa shape index (κ3) is 4.61. The average Bonchev–Trinajstić information content (AvgIpc) is 3.33. The lowest BCUT2D eigenvalue weighted by Crippen LogP contribution is -2.45. The second-order valence-electron chi connectivity index (χ2n) is 7.23. The number of nitrogens with one attached hydrogen (secondary N) is 1. The summed E-state index contributed by atoms with van der Waals surface area (Å²) in [5.41, 5.74) is 2.25. The van der Waals surface area contributed by atoms with E-state index in [0.29, 0.717) is 23.9 Å². The maximum atomic E-state index is 6.14. The Morgan fingerprint density at radius 2 is 1.67 bits per heavy atom. The van der Waals surface area contributed by atoms with E-state index in [1.165, 1.54) is 4.88 Å². The SMILES string of the molecule is COc1cc(C(c2cccs2)N2CCNCC2)cc(OC)c1OCc1ccccc1. The van der Waals surface area contributed by atoms with Crippen LogP contribution >= 0.6 is 11.3 Å². The van der Waals surface area contributed by atoms with Crippen molar-refractivity contribution in [3.63, 3.8) is 0 Å². The second kappa shape index (κ2) is 9.98. The Bertz CT molecular complexity index is 900. The number of methoxy groups -OCH3 is 2. The first-order valence-corrected chi connectivity index (χ1v) is 11.1. The molecule has 158 valence electrons. The largest absolute Gasteiger partial charge is 0.493 e. The van der Waals surface area contributed by atoms with Crippen molar-refractivity contribution in [3.05, 3.63) is 76.0 Å². The zero-order valence-corrected chi connectivity index (χ0v) is 18.3. The van der Waals surface area contributed by atoms with Gasteiger partial charge in [0.25, 0.3) is 0 Å². The number of hydrogen-bond donors (Lipinski definition) is 1. The van der Waals surface area contributed by atoms with Crippen LogP contribution in [-0.4, -0.2) is 45.3 Å². The molecule has 0 bridgehead atoms. The molecule has 1 aromatic heterocycles. The molecule has 1 aliphatic heterocycles. The first-order valence-electron chi connectivity index (χ1n) is 10.2. The van der Waals surface area contributed by atoms with Crippen LogP contribution in [0, 0.1) is 0 Å². The molecule has 6 heteroatoms. The minimum atomic E-state index is 0.165. The molecule has 5 nitrogen and oxygen atoms in total. The second-order valence-corrected chi connectivity index (χ2v) is 8.21. The van der Waals surface area contributed by atoms with Gasteiger partial charge in [-0.05, 0) is 34.7 Å². The van der Waals surface area contributed by atoms with Crippen LogP contribution in [0.4, 0.5) is 0 Å². The van der Waals surface area contributed by atoms with E-state index in [9.17, 15) is 0 Å². The van der Waals surface area contributed by atoms with Gasteiger partial charge in [-0.15, -0.1) is 11.3 Å². The van der Waals surface area contributed by atoms with Gasteiger partial charge in [-0.25, -0.2) is 0 Å². The fraction of sp³-hybridized carbons (Fsp3) is 0.333. The van der Waals surface area contributed by atoms with Crippen LogP contribution in [0.5, 0.6) is 17.2 Å². The van der Waals surface area contributed by atoms with Crippen molar-refractivity contribution in [1.29, 1.82) is 0 Å². The van der Waals surface area contributed by atoms with Crippen molar-refractivity contribution in [2.45, 2.75) is 12.6 Å². The molecule has 1 saturated heterocycles. The highest BCUT2D eigenvalue weighted by atomic mass is 32.1. The molecule has 1 N–H and O–H groups in total. The lowest BCUT2D eigenvalue weighted by Gasteiger charge is -2.35. The van der Waals surface area contributed by atoms with Crippen molar-refractivity contribution in [3.8, 4) is 17.2 Å². The van der Waals surface area contributed by atoms with Crippen LogP contribution in [0.2, 0.25) is 0 Å². The molecule has 0 spiro atoms. The van der Waals surface area contributed by atoms with Gasteiger partial charge in [-0.1, -0.05) is 36.4 Å². The average molecular weight is 425 g/mol. The van der Waals surface area contributed by atoms with Crippen LogP contribution in [0.15, 0.2) is 60.0 Å². The summed E-state index contributed by atoms with van der Waals surface area (Å²) in [6, 6.07) is 18.8. The number of piperazine rings is 1. The minimum Gasteiger partial charge on any atom is -0.493 e. The minimum absolute atomic E-state index is 0.165. The van der Waals surface area contributed by atoms with Crippen LogP contribution in [0.25, 0.3) is 0 Å². The molecule has 2 aromatic carbocycles. The number of rotatable bonds is 8. The molecule has 1 aliphatic rings. The summed E-state index contributed by atoms with van der Waals surface area (Å²) in [4.78, 5) is 3.83. The van der Waals surface area contributed by atoms with E-state index in [4.69, 9.17) is 14.2 Å². The molecule has 0 amide bonds. The molecular weight excluding hydrogens is 396 g/mol. The zero-order valence-electron chi connectivity index (χ0n) is 17.5. The summed E-state index contributed by atoms with van der Waals surface area (Å²) < 4.78 is 17.6. The van der Waals surface area contributed by atoms with Crippen molar-refractivity contribution >= 4 is 11.3 Å². The van der Waals surface area contributed by atoms with Gasteiger partial charge >= 0.3 is 0 Å². The fourth-order valence-corrected chi connectivity index (χ4v) is 4.76. The first-order chi connectivity index (χ1) is 14.8. The van der Waals surface area contributed by atoms with Gasteiger partial charge < -0.3 is 19.5 Å². The van der Waals surface area contributed by atoms with E-state index in [1.807, 2.05) is 30.3 Å². The normalized spacial score (nSPS) is 15.5. The van der Waals surface area contributed by atoms with Crippen molar-refractivity contribution in [2.24, 2.45) is 0 Å². The number of nitrogens with zero attached hydrogens (tertiary/aromatic N) is 1. The lowest BCUT2D eigenvalue weighted by molar-refractivity contribution is 0.199. The predicted octanol–water partition coefficient (Wildman–Crippen LogP) is 4.34. The Labute approximate surface area is 182 Å². The van der Waals surface area contributed by atoms with E-state index < -0.39 is 0 Å². The zero-order chi connectivity index (χ0) is 20.8. The Morgan fingerprint density at radius 1 is 0.967 bits per heavy atom. The van der Waals surface area contributed by atoms with Crippen LogP contribution < -0.4 is 19.5 Å². The standard InChI is InChI=1S/C24H28N2O3S/c1-27-20-15-19(23(22-9-6-14-30-22)26-12-10-25-11-13-26)16-21(28-2)24(20)29-17-18-7-4-3-5-8-18/h3-9,14-16,23,25H,10-13,17H2,1-2H3. The molecule has 0 aliphatic carbocycles. The van der Waals surface area contributed by atoms with Crippen LogP contribution in [0.3, 0.4) is 0 Å². The van der Waals surface area contributed by atoms with E-state index in [0.717, 1.165) is 37.3 Å². The topological polar surface area (TPSA) is 43.0 Å². The van der Waals surface area contributed by atoms with Gasteiger partial charge in [0, 0.05) is 31.1 Å².